The van der Waals surface area contributed by atoms with Crippen molar-refractivity contribution in [3.05, 3.63) is 30.4 Å². The van der Waals surface area contributed by atoms with Gasteiger partial charge in [-0.1, -0.05) is 0 Å². The van der Waals surface area contributed by atoms with Crippen LogP contribution in [0.4, 0.5) is 0 Å². The van der Waals surface area contributed by atoms with Gasteiger partial charge in [0.15, 0.2) is 5.82 Å². The van der Waals surface area contributed by atoms with Crippen LogP contribution in [-0.2, 0) is 6.54 Å². The molecule has 0 amide bonds. The Labute approximate surface area is 100 Å². The zero-order valence-electron chi connectivity index (χ0n) is 10.0. The highest BCUT2D eigenvalue weighted by atomic mass is 15.3. The lowest BCUT2D eigenvalue weighted by atomic mass is 10.2. The molecule has 2 aromatic heterocycles. The summed E-state index contributed by atoms with van der Waals surface area (Å²) in [5, 5.41) is 8.61. The van der Waals surface area contributed by atoms with Crippen LogP contribution in [0, 0.1) is 0 Å². The van der Waals surface area contributed by atoms with Gasteiger partial charge in [0.25, 0.3) is 0 Å². The molecule has 3 rings (SSSR count). The van der Waals surface area contributed by atoms with E-state index < -0.39 is 0 Å². The van der Waals surface area contributed by atoms with Crippen molar-refractivity contribution in [1.29, 1.82) is 0 Å². The molecular weight excluding hydrogens is 214 g/mol. The normalized spacial score (nSPS) is 20.2. The fourth-order valence-corrected chi connectivity index (χ4v) is 2.20. The first kappa shape index (κ1) is 10.4. The van der Waals surface area contributed by atoms with Crippen molar-refractivity contribution in [2.75, 3.05) is 13.6 Å². The maximum atomic E-state index is 4.31. The Morgan fingerprint density at radius 2 is 2.18 bits per heavy atom. The Balaban J connectivity index is 2.08. The highest BCUT2D eigenvalue weighted by Crippen LogP contribution is 2.26. The van der Waals surface area contributed by atoms with Gasteiger partial charge in [-0.3, -0.25) is 9.88 Å². The summed E-state index contributed by atoms with van der Waals surface area (Å²) in [5.74, 6) is 1.96. The average Bonchev–Trinajstić information content (AvgIpc) is 2.79. The summed E-state index contributed by atoms with van der Waals surface area (Å²) in [4.78, 5) is 6.42. The molecular formula is C12H15N5. The summed E-state index contributed by atoms with van der Waals surface area (Å²) in [6.07, 6.45) is 3.60. The molecule has 0 aliphatic carbocycles. The Bertz CT molecular complexity index is 519. The molecule has 0 saturated carbocycles. The Kier molecular flexibility index (Phi) is 2.40. The molecule has 2 aromatic rings. The van der Waals surface area contributed by atoms with Crippen LogP contribution >= 0.6 is 0 Å². The summed E-state index contributed by atoms with van der Waals surface area (Å²) in [5.41, 5.74) is 1.03. The summed E-state index contributed by atoms with van der Waals surface area (Å²) in [6.45, 7) is 4.12. The third-order valence-corrected chi connectivity index (χ3v) is 3.41. The fourth-order valence-electron chi connectivity index (χ4n) is 2.20. The molecule has 0 radical (unpaired) electrons. The number of fused-ring (bicyclic) bond motifs is 1. The minimum Gasteiger partial charge on any atom is -0.308 e. The summed E-state index contributed by atoms with van der Waals surface area (Å²) >= 11 is 0. The lowest BCUT2D eigenvalue weighted by Gasteiger charge is -2.30. The monoisotopic (exact) mass is 229 g/mol. The maximum absolute atomic E-state index is 4.31. The second kappa shape index (κ2) is 3.92. The van der Waals surface area contributed by atoms with Crippen molar-refractivity contribution >= 4 is 0 Å². The Morgan fingerprint density at radius 3 is 2.94 bits per heavy atom. The van der Waals surface area contributed by atoms with Gasteiger partial charge in [-0.2, -0.15) is 0 Å². The molecule has 88 valence electrons. The molecule has 1 atom stereocenters. The van der Waals surface area contributed by atoms with E-state index in [0.29, 0.717) is 6.04 Å². The number of pyridine rings is 1. The number of likely N-dealkylation sites (N-methyl/N-ethyl adjacent to an activating group) is 1. The lowest BCUT2D eigenvalue weighted by molar-refractivity contribution is 0.206. The van der Waals surface area contributed by atoms with Gasteiger partial charge in [-0.15, -0.1) is 10.2 Å². The van der Waals surface area contributed by atoms with Crippen LogP contribution in [0.25, 0.3) is 11.4 Å². The summed E-state index contributed by atoms with van der Waals surface area (Å²) in [6, 6.07) is 4.27. The van der Waals surface area contributed by atoms with E-state index in [1.165, 1.54) is 0 Å². The van der Waals surface area contributed by atoms with Gasteiger partial charge < -0.3 is 4.57 Å². The van der Waals surface area contributed by atoms with Crippen LogP contribution < -0.4 is 0 Å². The quantitative estimate of drug-likeness (QED) is 0.740. The van der Waals surface area contributed by atoms with E-state index in [1.54, 1.807) is 6.20 Å². The van der Waals surface area contributed by atoms with Crippen LogP contribution in [-0.4, -0.2) is 38.2 Å². The number of aromatic nitrogens is 4. The molecule has 5 nitrogen and oxygen atoms in total. The van der Waals surface area contributed by atoms with Crippen molar-refractivity contribution in [3.8, 4) is 11.4 Å². The minimum atomic E-state index is 0.321. The Morgan fingerprint density at radius 1 is 1.29 bits per heavy atom. The smallest absolute Gasteiger partial charge is 0.165 e. The Hall–Kier alpha value is -1.75. The largest absolute Gasteiger partial charge is 0.308 e. The van der Waals surface area contributed by atoms with Crippen LogP contribution in [0.1, 0.15) is 18.8 Å². The molecule has 1 aliphatic rings. The molecule has 3 heterocycles. The van der Waals surface area contributed by atoms with E-state index in [0.717, 1.165) is 30.3 Å². The van der Waals surface area contributed by atoms with Crippen molar-refractivity contribution < 1.29 is 0 Å². The maximum Gasteiger partial charge on any atom is 0.165 e. The molecule has 17 heavy (non-hydrogen) atoms. The predicted molar refractivity (Wildman–Crippen MR) is 64.3 cm³/mol. The number of hydrogen-bond acceptors (Lipinski definition) is 4. The van der Waals surface area contributed by atoms with E-state index in [9.17, 15) is 0 Å². The number of nitrogens with zero attached hydrogens (tertiary/aromatic N) is 5. The average molecular weight is 229 g/mol. The van der Waals surface area contributed by atoms with Gasteiger partial charge in [-0.25, -0.2) is 0 Å². The van der Waals surface area contributed by atoms with Crippen LogP contribution in [0.5, 0.6) is 0 Å². The van der Waals surface area contributed by atoms with E-state index in [1.807, 2.05) is 18.3 Å². The van der Waals surface area contributed by atoms with Crippen molar-refractivity contribution in [3.63, 3.8) is 0 Å². The standard InChI is InChI=1S/C12H15N5/c1-9-11-14-15-12(10-4-3-5-13-8-10)17(11)7-6-16(9)2/h3-5,8-9H,6-7H2,1-2H3. The second-order valence-corrected chi connectivity index (χ2v) is 4.43. The van der Waals surface area contributed by atoms with Gasteiger partial charge in [-0.05, 0) is 26.1 Å². The molecule has 0 N–H and O–H groups in total. The van der Waals surface area contributed by atoms with Gasteiger partial charge in [0.1, 0.15) is 5.82 Å². The van der Waals surface area contributed by atoms with Crippen LogP contribution in [0.3, 0.4) is 0 Å². The number of rotatable bonds is 1. The highest BCUT2D eigenvalue weighted by Gasteiger charge is 2.25. The SMILES string of the molecule is CC1c2nnc(-c3cccnc3)n2CCN1C. The molecule has 1 unspecified atom stereocenters. The molecule has 0 aromatic carbocycles. The number of hydrogen-bond donors (Lipinski definition) is 0. The van der Waals surface area contributed by atoms with E-state index >= 15 is 0 Å². The topological polar surface area (TPSA) is 46.8 Å². The summed E-state index contributed by atoms with van der Waals surface area (Å²) < 4.78 is 2.20. The molecule has 1 aliphatic heterocycles. The first-order valence-corrected chi connectivity index (χ1v) is 5.81. The molecule has 0 fully saturated rings. The minimum absolute atomic E-state index is 0.321. The van der Waals surface area contributed by atoms with Crippen molar-refractivity contribution in [2.24, 2.45) is 0 Å². The molecule has 5 heteroatoms. The zero-order valence-corrected chi connectivity index (χ0v) is 10.0. The van der Waals surface area contributed by atoms with Gasteiger partial charge in [0.2, 0.25) is 0 Å². The van der Waals surface area contributed by atoms with Crippen LogP contribution in [0.15, 0.2) is 24.5 Å². The first-order valence-electron chi connectivity index (χ1n) is 5.81. The van der Waals surface area contributed by atoms with Crippen LogP contribution in [0.2, 0.25) is 0 Å². The summed E-state index contributed by atoms with van der Waals surface area (Å²) in [7, 11) is 2.12. The highest BCUT2D eigenvalue weighted by molar-refractivity contribution is 5.53. The molecule has 0 saturated heterocycles. The zero-order chi connectivity index (χ0) is 11.8. The van der Waals surface area contributed by atoms with E-state index in [-0.39, 0.29) is 0 Å². The third kappa shape index (κ3) is 1.63. The van der Waals surface area contributed by atoms with Gasteiger partial charge in [0, 0.05) is 31.0 Å². The molecule has 0 bridgehead atoms. The van der Waals surface area contributed by atoms with Crippen molar-refractivity contribution in [1.82, 2.24) is 24.6 Å². The first-order chi connectivity index (χ1) is 8.27. The van der Waals surface area contributed by atoms with E-state index in [4.69, 9.17) is 0 Å². The molecule has 0 spiro atoms. The third-order valence-electron chi connectivity index (χ3n) is 3.41. The van der Waals surface area contributed by atoms with Crippen molar-refractivity contribution in [2.45, 2.75) is 19.5 Å². The van der Waals surface area contributed by atoms with E-state index in [2.05, 4.69) is 38.6 Å². The fraction of sp³-hybridized carbons (Fsp3) is 0.417. The van der Waals surface area contributed by atoms with Gasteiger partial charge in [0.05, 0.1) is 6.04 Å². The predicted octanol–water partition coefficient (Wildman–Crippen LogP) is 1.35. The van der Waals surface area contributed by atoms with Gasteiger partial charge >= 0.3 is 0 Å². The lowest BCUT2D eigenvalue weighted by Crippen LogP contribution is -2.34. The second-order valence-electron chi connectivity index (χ2n) is 4.43.